The number of rotatable bonds is 3. The first-order valence-corrected chi connectivity index (χ1v) is 12.3. The Hall–Kier alpha value is -2.08. The molecule has 4 aliphatic carbocycles. The van der Waals surface area contributed by atoms with Gasteiger partial charge in [0, 0.05) is 44.5 Å². The molecule has 1 aromatic rings. The number of amides is 3. The summed E-state index contributed by atoms with van der Waals surface area (Å²) in [5.41, 5.74) is 2.34. The normalized spacial score (nSPS) is 34.1. The molecule has 3 amide bonds. The summed E-state index contributed by atoms with van der Waals surface area (Å²) in [6.45, 7) is 4.20. The molecule has 5 fully saturated rings. The smallest absolute Gasteiger partial charge is 0.317 e. The summed E-state index contributed by atoms with van der Waals surface area (Å²) in [5.74, 6) is 3.46. The van der Waals surface area contributed by atoms with E-state index in [1.165, 1.54) is 37.7 Å². The standard InChI is InChI=1S/C25H34N4O2/c30-23(29-6-5-19-3-1-2-4-22(19)29)16-27-7-9-28(10-8-27)25(31)26-24-20-12-17-11-18(14-20)15-21(24)13-17/h1-4,17-18,20-21,24H,5-16H2,(H,26,31). The van der Waals surface area contributed by atoms with Crippen LogP contribution in [0.15, 0.2) is 24.3 Å². The third kappa shape index (κ3) is 3.63. The van der Waals surface area contributed by atoms with Crippen molar-refractivity contribution < 1.29 is 9.59 Å². The number of para-hydroxylation sites is 1. The first-order valence-electron chi connectivity index (χ1n) is 12.3. The van der Waals surface area contributed by atoms with Gasteiger partial charge in [-0.2, -0.15) is 0 Å². The molecule has 31 heavy (non-hydrogen) atoms. The molecule has 1 N–H and O–H groups in total. The fourth-order valence-electron chi connectivity index (χ4n) is 7.38. The average Bonchev–Trinajstić information content (AvgIpc) is 3.20. The quantitative estimate of drug-likeness (QED) is 0.815. The Bertz CT molecular complexity index is 835. The van der Waals surface area contributed by atoms with E-state index in [2.05, 4.69) is 16.3 Å². The number of carbonyl (C=O) groups is 2. The zero-order chi connectivity index (χ0) is 20.9. The van der Waals surface area contributed by atoms with Crippen LogP contribution in [0.4, 0.5) is 10.5 Å². The van der Waals surface area contributed by atoms with Crippen LogP contribution in [0, 0.1) is 23.7 Å². The summed E-state index contributed by atoms with van der Waals surface area (Å²) in [7, 11) is 0. The van der Waals surface area contributed by atoms with Gasteiger partial charge in [-0.1, -0.05) is 18.2 Å². The number of piperazine rings is 1. The molecule has 1 saturated heterocycles. The van der Waals surface area contributed by atoms with Crippen molar-refractivity contribution >= 4 is 17.6 Å². The van der Waals surface area contributed by atoms with Crippen LogP contribution in [0.25, 0.3) is 0 Å². The van der Waals surface area contributed by atoms with Crippen molar-refractivity contribution in [1.29, 1.82) is 0 Å². The summed E-state index contributed by atoms with van der Waals surface area (Å²) in [6, 6.07) is 8.73. The van der Waals surface area contributed by atoms with E-state index >= 15 is 0 Å². The van der Waals surface area contributed by atoms with Gasteiger partial charge in [-0.15, -0.1) is 0 Å². The van der Waals surface area contributed by atoms with Gasteiger partial charge in [0.15, 0.2) is 0 Å². The number of anilines is 1. The molecule has 0 radical (unpaired) electrons. The fourth-order valence-corrected chi connectivity index (χ4v) is 7.38. The molecule has 2 aliphatic heterocycles. The third-order valence-electron chi connectivity index (χ3n) is 8.72. The van der Waals surface area contributed by atoms with Gasteiger partial charge in [-0.25, -0.2) is 4.79 Å². The van der Waals surface area contributed by atoms with Crippen LogP contribution in [-0.2, 0) is 11.2 Å². The first-order chi connectivity index (χ1) is 15.1. The molecule has 6 heteroatoms. The summed E-state index contributed by atoms with van der Waals surface area (Å²) in [5, 5.41) is 3.44. The number of nitrogens with one attached hydrogen (secondary N) is 1. The number of urea groups is 1. The number of hydrogen-bond acceptors (Lipinski definition) is 3. The minimum absolute atomic E-state index is 0.122. The van der Waals surface area contributed by atoms with E-state index in [-0.39, 0.29) is 11.9 Å². The monoisotopic (exact) mass is 422 g/mol. The molecule has 4 saturated carbocycles. The highest BCUT2D eigenvalue weighted by Crippen LogP contribution is 2.53. The number of fused-ring (bicyclic) bond motifs is 1. The van der Waals surface area contributed by atoms with Crippen molar-refractivity contribution in [2.45, 2.75) is 44.6 Å². The maximum atomic E-state index is 13.0. The lowest BCUT2D eigenvalue weighted by molar-refractivity contribution is -0.120. The molecule has 6 nitrogen and oxygen atoms in total. The van der Waals surface area contributed by atoms with Crippen molar-refractivity contribution in [1.82, 2.24) is 15.1 Å². The van der Waals surface area contributed by atoms with Gasteiger partial charge in [0.2, 0.25) is 5.91 Å². The van der Waals surface area contributed by atoms with Gasteiger partial charge < -0.3 is 15.1 Å². The van der Waals surface area contributed by atoms with E-state index in [1.807, 2.05) is 28.0 Å². The zero-order valence-corrected chi connectivity index (χ0v) is 18.3. The van der Waals surface area contributed by atoms with E-state index in [4.69, 9.17) is 0 Å². The van der Waals surface area contributed by atoms with Crippen molar-refractivity contribution in [2.24, 2.45) is 23.7 Å². The Balaban J connectivity index is 0.999. The molecule has 4 bridgehead atoms. The van der Waals surface area contributed by atoms with Crippen molar-refractivity contribution in [3.63, 3.8) is 0 Å². The lowest BCUT2D eigenvalue weighted by atomic mass is 9.54. The van der Waals surface area contributed by atoms with Gasteiger partial charge in [0.05, 0.1) is 6.54 Å². The van der Waals surface area contributed by atoms with E-state index < -0.39 is 0 Å². The van der Waals surface area contributed by atoms with Gasteiger partial charge >= 0.3 is 6.03 Å². The lowest BCUT2D eigenvalue weighted by Gasteiger charge is -2.54. The Morgan fingerprint density at radius 3 is 2.26 bits per heavy atom. The van der Waals surface area contributed by atoms with Gasteiger partial charge in [0.25, 0.3) is 0 Å². The molecule has 0 aromatic heterocycles. The van der Waals surface area contributed by atoms with Gasteiger partial charge in [-0.3, -0.25) is 9.69 Å². The molecule has 0 unspecified atom stereocenters. The number of hydrogen-bond donors (Lipinski definition) is 1. The maximum absolute atomic E-state index is 13.0. The first kappa shape index (κ1) is 19.6. The zero-order valence-electron chi connectivity index (χ0n) is 18.3. The summed E-state index contributed by atoms with van der Waals surface area (Å²) >= 11 is 0. The predicted octanol–water partition coefficient (Wildman–Crippen LogP) is 2.73. The third-order valence-corrected chi connectivity index (χ3v) is 8.72. The molecular weight excluding hydrogens is 388 g/mol. The number of carbonyl (C=O) groups excluding carboxylic acids is 2. The van der Waals surface area contributed by atoms with Crippen LogP contribution in [-0.4, -0.2) is 67.0 Å². The number of benzene rings is 1. The van der Waals surface area contributed by atoms with Crippen LogP contribution in [0.5, 0.6) is 0 Å². The van der Waals surface area contributed by atoms with E-state index in [0.717, 1.165) is 43.6 Å². The highest BCUT2D eigenvalue weighted by Gasteiger charge is 2.49. The van der Waals surface area contributed by atoms with Crippen molar-refractivity contribution in [3.05, 3.63) is 29.8 Å². The average molecular weight is 423 g/mol. The van der Waals surface area contributed by atoms with Crippen LogP contribution >= 0.6 is 0 Å². The van der Waals surface area contributed by atoms with Crippen molar-refractivity contribution in [2.75, 3.05) is 44.2 Å². The highest BCUT2D eigenvalue weighted by molar-refractivity contribution is 5.96. The minimum Gasteiger partial charge on any atom is -0.335 e. The molecule has 7 rings (SSSR count). The number of nitrogens with zero attached hydrogens (tertiary/aromatic N) is 3. The van der Waals surface area contributed by atoms with Gasteiger partial charge in [-0.05, 0) is 73.8 Å². The minimum atomic E-state index is 0.122. The van der Waals surface area contributed by atoms with Crippen LogP contribution in [0.2, 0.25) is 0 Å². The van der Waals surface area contributed by atoms with Crippen LogP contribution in [0.1, 0.15) is 37.7 Å². The van der Waals surface area contributed by atoms with E-state index in [9.17, 15) is 9.59 Å². The van der Waals surface area contributed by atoms with E-state index in [0.29, 0.717) is 37.5 Å². The Labute approximate surface area is 184 Å². The second kappa shape index (κ2) is 7.80. The maximum Gasteiger partial charge on any atom is 0.317 e. The Morgan fingerprint density at radius 1 is 0.871 bits per heavy atom. The van der Waals surface area contributed by atoms with E-state index in [1.54, 1.807) is 0 Å². The molecule has 1 aromatic carbocycles. The fraction of sp³-hybridized carbons (Fsp3) is 0.680. The topological polar surface area (TPSA) is 55.9 Å². The van der Waals surface area contributed by atoms with Crippen LogP contribution in [0.3, 0.4) is 0 Å². The molecule has 2 heterocycles. The Morgan fingerprint density at radius 2 is 1.55 bits per heavy atom. The summed E-state index contributed by atoms with van der Waals surface area (Å²) in [6.07, 6.45) is 7.69. The lowest BCUT2D eigenvalue weighted by Crippen LogP contribution is -2.60. The van der Waals surface area contributed by atoms with Crippen molar-refractivity contribution in [3.8, 4) is 0 Å². The molecule has 0 atom stereocenters. The molecular formula is C25H34N4O2. The SMILES string of the molecule is O=C(NC1C2CC3CC(C2)CC1C3)N1CCN(CC(=O)N2CCc3ccccc32)CC1. The molecule has 166 valence electrons. The van der Waals surface area contributed by atoms with Gasteiger partial charge in [0.1, 0.15) is 0 Å². The second-order valence-electron chi connectivity index (χ2n) is 10.6. The summed E-state index contributed by atoms with van der Waals surface area (Å²) < 4.78 is 0. The Kier molecular flexibility index (Phi) is 4.93. The molecule has 6 aliphatic rings. The largest absolute Gasteiger partial charge is 0.335 e. The predicted molar refractivity (Wildman–Crippen MR) is 120 cm³/mol. The van der Waals surface area contributed by atoms with Crippen LogP contribution < -0.4 is 10.2 Å². The second-order valence-corrected chi connectivity index (χ2v) is 10.6. The molecule has 0 spiro atoms. The summed E-state index contributed by atoms with van der Waals surface area (Å²) in [4.78, 5) is 32.0. The highest BCUT2D eigenvalue weighted by atomic mass is 16.2.